The minimum Gasteiger partial charge on any atom is -0.490 e. The highest BCUT2D eigenvalue weighted by atomic mass is 16.5. The molecule has 3 rings (SSSR count). The van der Waals surface area contributed by atoms with Gasteiger partial charge in [-0.1, -0.05) is 10.7 Å². The van der Waals surface area contributed by atoms with Gasteiger partial charge in [0.25, 0.3) is 5.91 Å². The Morgan fingerprint density at radius 2 is 2.13 bits per heavy atom. The molecular formula is C23H29N3O5. The van der Waals surface area contributed by atoms with E-state index in [1.807, 2.05) is 38.1 Å². The lowest BCUT2D eigenvalue weighted by Crippen LogP contribution is -2.41. The number of ether oxygens (including phenoxy) is 1. The van der Waals surface area contributed by atoms with Gasteiger partial charge < -0.3 is 25.4 Å². The van der Waals surface area contributed by atoms with Crippen molar-refractivity contribution in [2.24, 2.45) is 5.73 Å². The molecule has 8 heteroatoms. The maximum atomic E-state index is 12.7. The van der Waals surface area contributed by atoms with E-state index in [2.05, 4.69) is 10.5 Å². The summed E-state index contributed by atoms with van der Waals surface area (Å²) in [5, 5.41) is 15.9. The highest BCUT2D eigenvalue weighted by molar-refractivity contribution is 5.97. The summed E-state index contributed by atoms with van der Waals surface area (Å²) < 4.78 is 11.3. The first kappa shape index (κ1) is 22.6. The van der Waals surface area contributed by atoms with Crippen molar-refractivity contribution in [2.45, 2.75) is 52.0 Å². The fourth-order valence-electron chi connectivity index (χ4n) is 3.56. The van der Waals surface area contributed by atoms with Gasteiger partial charge in [-0.15, -0.1) is 0 Å². The van der Waals surface area contributed by atoms with Gasteiger partial charge in [0.05, 0.1) is 0 Å². The summed E-state index contributed by atoms with van der Waals surface area (Å²) in [5.41, 5.74) is 9.45. The van der Waals surface area contributed by atoms with Crippen molar-refractivity contribution < 1.29 is 24.0 Å². The molecule has 0 saturated carbocycles. The Morgan fingerprint density at radius 3 is 2.84 bits per heavy atom. The number of allylic oxidation sites excluding steroid dienone is 1. The lowest BCUT2D eigenvalue weighted by atomic mass is 9.89. The number of fused-ring (bicyclic) bond motifs is 3. The number of benzene rings is 1. The predicted octanol–water partition coefficient (Wildman–Crippen LogP) is 3.10. The minimum absolute atomic E-state index is 0.148. The summed E-state index contributed by atoms with van der Waals surface area (Å²) in [4.78, 5) is 24.2. The number of rotatable bonds is 10. The average molecular weight is 428 g/mol. The molecule has 1 amide bonds. The smallest absolute Gasteiger partial charge is 0.326 e. The standard InChI is InChI=1S/C23H29N3O5/c1-14(2)10-12-30-16-7-9-17-15(13-16)6-8-18-20(26-31-21(17)18)22(27)25-19(23(28)29)5-3-4-11-24/h7,9-10,13,19H,3-6,8,11-12,24H2,1-2H3,(H,25,27)(H,28,29)/t19-/m0/s1. The van der Waals surface area contributed by atoms with Crippen LogP contribution >= 0.6 is 0 Å². The van der Waals surface area contributed by atoms with E-state index in [1.54, 1.807) is 0 Å². The summed E-state index contributed by atoms with van der Waals surface area (Å²) >= 11 is 0. The van der Waals surface area contributed by atoms with Crippen LogP contribution in [0.3, 0.4) is 0 Å². The molecule has 1 aliphatic carbocycles. The number of aryl methyl sites for hydroxylation is 1. The number of nitrogens with two attached hydrogens (primary N) is 1. The van der Waals surface area contributed by atoms with Gasteiger partial charge in [0, 0.05) is 11.1 Å². The molecule has 0 spiro atoms. The third-order valence-electron chi connectivity index (χ3n) is 5.26. The van der Waals surface area contributed by atoms with Crippen molar-refractivity contribution in [1.29, 1.82) is 0 Å². The third-order valence-corrected chi connectivity index (χ3v) is 5.26. The molecule has 8 nitrogen and oxygen atoms in total. The number of nitrogens with zero attached hydrogens (tertiary/aromatic N) is 1. The number of nitrogens with one attached hydrogen (secondary N) is 1. The van der Waals surface area contributed by atoms with E-state index < -0.39 is 17.9 Å². The Bertz CT molecular complexity index is 976. The number of aliphatic carboxylic acids is 1. The molecule has 1 aromatic heterocycles. The zero-order valence-corrected chi connectivity index (χ0v) is 17.9. The van der Waals surface area contributed by atoms with E-state index in [1.165, 1.54) is 5.57 Å². The second kappa shape index (κ2) is 10.3. The zero-order valence-electron chi connectivity index (χ0n) is 17.9. The lowest BCUT2D eigenvalue weighted by molar-refractivity contribution is -0.139. The summed E-state index contributed by atoms with van der Waals surface area (Å²) in [6.07, 6.45) is 4.95. The summed E-state index contributed by atoms with van der Waals surface area (Å²) in [6.45, 7) is 5.04. The van der Waals surface area contributed by atoms with Crippen LogP contribution in [0.4, 0.5) is 0 Å². The monoisotopic (exact) mass is 427 g/mol. The molecule has 4 N–H and O–H groups in total. The SMILES string of the molecule is CC(C)=CCOc1ccc2c(c1)CCc1c(C(=O)N[C@@H](CCCCN)C(=O)O)noc1-2. The van der Waals surface area contributed by atoms with Crippen LogP contribution in [0.25, 0.3) is 11.3 Å². The van der Waals surface area contributed by atoms with E-state index in [0.717, 1.165) is 16.9 Å². The van der Waals surface area contributed by atoms with Gasteiger partial charge in [0.1, 0.15) is 18.4 Å². The first-order valence-corrected chi connectivity index (χ1v) is 10.5. The van der Waals surface area contributed by atoms with Gasteiger partial charge in [-0.3, -0.25) is 4.79 Å². The molecule has 0 aliphatic heterocycles. The summed E-state index contributed by atoms with van der Waals surface area (Å²) in [6, 6.07) is 4.78. The van der Waals surface area contributed by atoms with Gasteiger partial charge >= 0.3 is 5.97 Å². The largest absolute Gasteiger partial charge is 0.490 e. The maximum absolute atomic E-state index is 12.7. The second-order valence-corrected chi connectivity index (χ2v) is 7.90. The molecule has 1 aromatic carbocycles. The fourth-order valence-corrected chi connectivity index (χ4v) is 3.56. The number of carboxylic acid groups (broad SMARTS) is 1. The van der Waals surface area contributed by atoms with Crippen LogP contribution in [0, 0.1) is 0 Å². The molecule has 166 valence electrons. The van der Waals surface area contributed by atoms with Crippen LogP contribution < -0.4 is 15.8 Å². The Labute approximate surface area is 181 Å². The van der Waals surface area contributed by atoms with Crippen LogP contribution in [0.2, 0.25) is 0 Å². The van der Waals surface area contributed by atoms with E-state index in [9.17, 15) is 14.7 Å². The van der Waals surface area contributed by atoms with Gasteiger partial charge in [-0.25, -0.2) is 4.79 Å². The van der Waals surface area contributed by atoms with Crippen LogP contribution in [0.15, 0.2) is 34.4 Å². The Hall–Kier alpha value is -3.13. The number of amides is 1. The van der Waals surface area contributed by atoms with Crippen LogP contribution in [-0.4, -0.2) is 41.3 Å². The van der Waals surface area contributed by atoms with E-state index in [-0.39, 0.29) is 5.69 Å². The molecule has 0 unspecified atom stereocenters. The number of hydrogen-bond donors (Lipinski definition) is 3. The topological polar surface area (TPSA) is 128 Å². The van der Waals surface area contributed by atoms with Crippen LogP contribution in [-0.2, 0) is 17.6 Å². The second-order valence-electron chi connectivity index (χ2n) is 7.90. The van der Waals surface area contributed by atoms with Crippen LogP contribution in [0.1, 0.15) is 54.7 Å². The molecule has 0 bridgehead atoms. The average Bonchev–Trinajstić information content (AvgIpc) is 3.17. The molecule has 0 fully saturated rings. The van der Waals surface area contributed by atoms with Gasteiger partial charge in [0.2, 0.25) is 0 Å². The number of carboxylic acids is 1. The van der Waals surface area contributed by atoms with E-state index in [0.29, 0.717) is 56.6 Å². The van der Waals surface area contributed by atoms with Crippen molar-refractivity contribution in [1.82, 2.24) is 10.5 Å². The van der Waals surface area contributed by atoms with E-state index in [4.69, 9.17) is 15.0 Å². The molecule has 2 aromatic rings. The number of carbonyl (C=O) groups is 2. The number of unbranched alkanes of at least 4 members (excludes halogenated alkanes) is 1. The summed E-state index contributed by atoms with van der Waals surface area (Å²) in [5.74, 6) is -0.278. The van der Waals surface area contributed by atoms with Gasteiger partial charge in [0.15, 0.2) is 11.5 Å². The molecule has 1 heterocycles. The Morgan fingerprint density at radius 1 is 1.32 bits per heavy atom. The quantitative estimate of drug-likeness (QED) is 0.393. The van der Waals surface area contributed by atoms with E-state index >= 15 is 0 Å². The first-order valence-electron chi connectivity index (χ1n) is 10.5. The van der Waals surface area contributed by atoms with Crippen molar-refractivity contribution >= 4 is 11.9 Å². The Balaban J connectivity index is 1.74. The zero-order chi connectivity index (χ0) is 22.4. The molecule has 31 heavy (non-hydrogen) atoms. The summed E-state index contributed by atoms with van der Waals surface area (Å²) in [7, 11) is 0. The fraction of sp³-hybridized carbons (Fsp3) is 0.435. The lowest BCUT2D eigenvalue weighted by Gasteiger charge is -2.17. The molecular weight excluding hydrogens is 398 g/mol. The van der Waals surface area contributed by atoms with Crippen molar-refractivity contribution in [2.75, 3.05) is 13.2 Å². The number of hydrogen-bond acceptors (Lipinski definition) is 6. The van der Waals surface area contributed by atoms with Crippen molar-refractivity contribution in [3.05, 3.63) is 46.7 Å². The molecule has 1 aliphatic rings. The van der Waals surface area contributed by atoms with Crippen LogP contribution in [0.5, 0.6) is 5.75 Å². The highest BCUT2D eigenvalue weighted by Crippen LogP contribution is 2.37. The normalized spacial score (nSPS) is 13.0. The number of aromatic nitrogens is 1. The van der Waals surface area contributed by atoms with Gasteiger partial charge in [-0.05, 0) is 82.3 Å². The van der Waals surface area contributed by atoms with Gasteiger partial charge in [-0.2, -0.15) is 0 Å². The predicted molar refractivity (Wildman–Crippen MR) is 116 cm³/mol. The third kappa shape index (κ3) is 5.52. The maximum Gasteiger partial charge on any atom is 0.326 e. The Kier molecular flexibility index (Phi) is 7.46. The highest BCUT2D eigenvalue weighted by Gasteiger charge is 2.30. The molecule has 1 atom stereocenters. The molecule has 0 radical (unpaired) electrons. The minimum atomic E-state index is -1.08. The van der Waals surface area contributed by atoms with Crippen molar-refractivity contribution in [3.8, 4) is 17.1 Å². The first-order chi connectivity index (χ1) is 14.9. The molecule has 0 saturated heterocycles. The van der Waals surface area contributed by atoms with Crippen molar-refractivity contribution in [3.63, 3.8) is 0 Å². The number of carbonyl (C=O) groups excluding carboxylic acids is 1.